The Morgan fingerprint density at radius 3 is 2.43 bits per heavy atom. The average molecular weight is 265 g/mol. The van der Waals surface area contributed by atoms with Gasteiger partial charge in [-0.1, -0.05) is 29.8 Å². The van der Waals surface area contributed by atoms with E-state index < -0.39 is 22.8 Å². The molecule has 0 unspecified atom stereocenters. The minimum Gasteiger partial charge on any atom is -0.505 e. The van der Waals surface area contributed by atoms with Gasteiger partial charge in [-0.15, -0.1) is 0 Å². The zero-order chi connectivity index (χ0) is 10.9. The predicted octanol–water partition coefficient (Wildman–Crippen LogP) is 3.34. The summed E-state index contributed by atoms with van der Waals surface area (Å²) in [5, 5.41) is 9.94. The maximum absolute atomic E-state index is 13.0. The van der Waals surface area contributed by atoms with E-state index in [1.54, 1.807) is 13.8 Å². The van der Waals surface area contributed by atoms with Crippen LogP contribution in [0.15, 0.2) is 12.1 Å². The second kappa shape index (κ2) is 3.85. The highest BCUT2D eigenvalue weighted by Crippen LogP contribution is 2.34. The van der Waals surface area contributed by atoms with E-state index in [0.29, 0.717) is 11.4 Å². The van der Waals surface area contributed by atoms with Gasteiger partial charge in [-0.2, -0.15) is 0 Å². The highest BCUT2D eigenvalue weighted by Gasteiger charge is 2.25. The van der Waals surface area contributed by atoms with Gasteiger partial charge in [-0.25, -0.2) is 8.78 Å². The standard InChI is InChI=1S/C10H11BrF2O/c1-10(2,5-11)7-3-6(12)4-8(13)9(7)14/h3-4,14H,5H2,1-2H3. The lowest BCUT2D eigenvalue weighted by atomic mass is 9.86. The van der Waals surface area contributed by atoms with Crippen molar-refractivity contribution in [3.8, 4) is 5.75 Å². The third-order valence-corrected chi connectivity index (χ3v) is 3.49. The predicted molar refractivity (Wildman–Crippen MR) is 54.8 cm³/mol. The molecule has 0 radical (unpaired) electrons. The van der Waals surface area contributed by atoms with Crippen molar-refractivity contribution in [1.29, 1.82) is 0 Å². The number of phenolic OH excluding ortho intramolecular Hbond substituents is 1. The molecule has 78 valence electrons. The van der Waals surface area contributed by atoms with E-state index in [4.69, 9.17) is 0 Å². The molecule has 0 bridgehead atoms. The van der Waals surface area contributed by atoms with Crippen molar-refractivity contribution < 1.29 is 13.9 Å². The van der Waals surface area contributed by atoms with Crippen molar-refractivity contribution in [2.24, 2.45) is 0 Å². The van der Waals surface area contributed by atoms with Crippen molar-refractivity contribution in [1.82, 2.24) is 0 Å². The van der Waals surface area contributed by atoms with Gasteiger partial charge in [0.1, 0.15) is 5.82 Å². The number of rotatable bonds is 2. The van der Waals surface area contributed by atoms with E-state index in [2.05, 4.69) is 15.9 Å². The van der Waals surface area contributed by atoms with Gasteiger partial charge in [0.05, 0.1) is 0 Å². The Morgan fingerprint density at radius 2 is 1.93 bits per heavy atom. The first-order chi connectivity index (χ1) is 6.38. The monoisotopic (exact) mass is 264 g/mol. The van der Waals surface area contributed by atoms with E-state index >= 15 is 0 Å². The first-order valence-electron chi connectivity index (χ1n) is 4.13. The number of aromatic hydroxyl groups is 1. The SMILES string of the molecule is CC(C)(CBr)c1cc(F)cc(F)c1O. The molecule has 0 heterocycles. The summed E-state index contributed by atoms with van der Waals surface area (Å²) in [7, 11) is 0. The third-order valence-electron chi connectivity index (χ3n) is 2.09. The molecule has 0 amide bonds. The molecule has 0 aliphatic rings. The molecule has 0 fully saturated rings. The summed E-state index contributed by atoms with van der Waals surface area (Å²) in [5.74, 6) is -2.07. The van der Waals surface area contributed by atoms with Crippen molar-refractivity contribution in [3.63, 3.8) is 0 Å². The van der Waals surface area contributed by atoms with E-state index in [9.17, 15) is 13.9 Å². The van der Waals surface area contributed by atoms with Gasteiger partial charge in [-0.3, -0.25) is 0 Å². The fourth-order valence-corrected chi connectivity index (χ4v) is 1.46. The number of hydrogen-bond donors (Lipinski definition) is 1. The molecule has 1 N–H and O–H groups in total. The molecule has 1 nitrogen and oxygen atoms in total. The number of benzene rings is 1. The van der Waals surface area contributed by atoms with Crippen LogP contribution in [0.3, 0.4) is 0 Å². The van der Waals surface area contributed by atoms with Crippen LogP contribution >= 0.6 is 15.9 Å². The molecule has 4 heteroatoms. The summed E-state index contributed by atoms with van der Waals surface area (Å²) in [4.78, 5) is 0. The summed E-state index contributed by atoms with van der Waals surface area (Å²) in [6.45, 7) is 3.57. The molecule has 0 aliphatic heterocycles. The van der Waals surface area contributed by atoms with Crippen LogP contribution in [0.1, 0.15) is 19.4 Å². The Kier molecular flexibility index (Phi) is 3.14. The van der Waals surface area contributed by atoms with Gasteiger partial charge in [0.25, 0.3) is 0 Å². The molecule has 0 saturated carbocycles. The van der Waals surface area contributed by atoms with Crippen LogP contribution in [0.4, 0.5) is 8.78 Å². The van der Waals surface area contributed by atoms with E-state index in [1.807, 2.05) is 0 Å². The number of hydrogen-bond acceptors (Lipinski definition) is 1. The smallest absolute Gasteiger partial charge is 0.168 e. The van der Waals surface area contributed by atoms with Gasteiger partial charge >= 0.3 is 0 Å². The van der Waals surface area contributed by atoms with Crippen LogP contribution in [0.2, 0.25) is 0 Å². The number of halogens is 3. The molecule has 14 heavy (non-hydrogen) atoms. The average Bonchev–Trinajstić information content (AvgIpc) is 2.11. The second-order valence-electron chi connectivity index (χ2n) is 3.80. The molecule has 0 spiro atoms. The highest BCUT2D eigenvalue weighted by atomic mass is 79.9. The lowest BCUT2D eigenvalue weighted by Crippen LogP contribution is -2.19. The minimum absolute atomic E-state index is 0.270. The van der Waals surface area contributed by atoms with Crippen LogP contribution in [0.5, 0.6) is 5.75 Å². The minimum atomic E-state index is -0.922. The Hall–Kier alpha value is -0.640. The summed E-state index contributed by atoms with van der Waals surface area (Å²) in [5.41, 5.74) is -0.237. The normalized spacial score (nSPS) is 11.8. The fraction of sp³-hybridized carbons (Fsp3) is 0.400. The van der Waals surface area contributed by atoms with Gasteiger partial charge in [0.15, 0.2) is 11.6 Å². The Morgan fingerprint density at radius 1 is 1.36 bits per heavy atom. The van der Waals surface area contributed by atoms with Crippen LogP contribution in [0.25, 0.3) is 0 Å². The molecule has 1 aromatic rings. The molecule has 0 atom stereocenters. The van der Waals surface area contributed by atoms with Crippen LogP contribution in [-0.4, -0.2) is 10.4 Å². The lowest BCUT2D eigenvalue weighted by molar-refractivity contribution is 0.406. The molecule has 0 saturated heterocycles. The van der Waals surface area contributed by atoms with Crippen molar-refractivity contribution >= 4 is 15.9 Å². The third kappa shape index (κ3) is 2.05. The van der Waals surface area contributed by atoms with Gasteiger partial charge in [-0.05, 0) is 6.07 Å². The Balaban J connectivity index is 3.34. The van der Waals surface area contributed by atoms with E-state index in [-0.39, 0.29) is 5.56 Å². The largest absolute Gasteiger partial charge is 0.505 e. The molecule has 1 aromatic carbocycles. The second-order valence-corrected chi connectivity index (χ2v) is 4.36. The van der Waals surface area contributed by atoms with Gasteiger partial charge in [0.2, 0.25) is 0 Å². The van der Waals surface area contributed by atoms with Crippen molar-refractivity contribution in [3.05, 3.63) is 29.3 Å². The fourth-order valence-electron chi connectivity index (χ4n) is 1.15. The first kappa shape index (κ1) is 11.4. The van der Waals surface area contributed by atoms with Crippen molar-refractivity contribution in [2.75, 3.05) is 5.33 Å². The summed E-state index contributed by atoms with van der Waals surface area (Å²) in [6, 6.07) is 1.82. The van der Waals surface area contributed by atoms with E-state index in [1.165, 1.54) is 0 Å². The van der Waals surface area contributed by atoms with Crippen LogP contribution in [0, 0.1) is 11.6 Å². The Labute approximate surface area is 89.9 Å². The van der Waals surface area contributed by atoms with Gasteiger partial charge < -0.3 is 5.11 Å². The van der Waals surface area contributed by atoms with Crippen molar-refractivity contribution in [2.45, 2.75) is 19.3 Å². The van der Waals surface area contributed by atoms with Crippen LogP contribution in [-0.2, 0) is 5.41 Å². The molecule has 0 aliphatic carbocycles. The molecular weight excluding hydrogens is 254 g/mol. The quantitative estimate of drug-likeness (QED) is 0.813. The Bertz CT molecular complexity index is 350. The molecule has 0 aromatic heterocycles. The first-order valence-corrected chi connectivity index (χ1v) is 5.25. The van der Waals surface area contributed by atoms with Crippen LogP contribution < -0.4 is 0 Å². The lowest BCUT2D eigenvalue weighted by Gasteiger charge is -2.23. The number of alkyl halides is 1. The van der Waals surface area contributed by atoms with Gasteiger partial charge in [0, 0.05) is 22.4 Å². The highest BCUT2D eigenvalue weighted by molar-refractivity contribution is 9.09. The molecular formula is C10H11BrF2O. The summed E-state index contributed by atoms with van der Waals surface area (Å²) in [6.07, 6.45) is 0. The number of phenols is 1. The topological polar surface area (TPSA) is 20.2 Å². The zero-order valence-electron chi connectivity index (χ0n) is 7.94. The summed E-state index contributed by atoms with van der Waals surface area (Å²) >= 11 is 3.23. The summed E-state index contributed by atoms with van der Waals surface area (Å²) < 4.78 is 25.9. The molecule has 1 rings (SSSR count). The maximum Gasteiger partial charge on any atom is 0.168 e. The van der Waals surface area contributed by atoms with E-state index in [0.717, 1.165) is 6.07 Å². The zero-order valence-corrected chi connectivity index (χ0v) is 9.53. The maximum atomic E-state index is 13.0.